The van der Waals surface area contributed by atoms with Crippen molar-refractivity contribution in [3.8, 4) is 5.75 Å². The predicted octanol–water partition coefficient (Wildman–Crippen LogP) is 1.59. The van der Waals surface area contributed by atoms with Crippen molar-refractivity contribution in [2.24, 2.45) is 0 Å². The molecule has 0 bridgehead atoms. The van der Waals surface area contributed by atoms with Gasteiger partial charge in [-0.1, -0.05) is 11.6 Å². The van der Waals surface area contributed by atoms with Gasteiger partial charge in [-0.3, -0.25) is 9.10 Å². The van der Waals surface area contributed by atoms with Gasteiger partial charge in [0, 0.05) is 32.1 Å². The molecule has 2 rings (SSSR count). The lowest BCUT2D eigenvalue weighted by Gasteiger charge is -2.22. The molecule has 2 aromatic carbocycles. The topological polar surface area (TPSA) is 122 Å². The number of nitrogens with zero attached hydrogens (tertiary/aromatic N) is 1. The molecule has 9 nitrogen and oxygen atoms in total. The van der Waals surface area contributed by atoms with E-state index < -0.39 is 20.0 Å². The molecular formula is C18H22ClN3O6S2. The van der Waals surface area contributed by atoms with Gasteiger partial charge in [0.05, 0.1) is 22.6 Å². The van der Waals surface area contributed by atoms with Crippen LogP contribution in [0.3, 0.4) is 0 Å². The lowest BCUT2D eigenvalue weighted by Crippen LogP contribution is -2.30. The second-order valence-electron chi connectivity index (χ2n) is 6.08. The number of carbonyl (C=O) groups is 1. The molecule has 0 aliphatic heterocycles. The summed E-state index contributed by atoms with van der Waals surface area (Å²) in [7, 11) is -3.91. The van der Waals surface area contributed by atoms with Gasteiger partial charge in [0.15, 0.2) is 0 Å². The van der Waals surface area contributed by atoms with Crippen molar-refractivity contribution in [2.45, 2.75) is 16.2 Å². The quantitative estimate of drug-likeness (QED) is 0.568. The third kappa shape index (κ3) is 5.42. The Bertz CT molecular complexity index is 1120. The number of halogens is 1. The Balaban J connectivity index is 2.40. The van der Waals surface area contributed by atoms with Crippen molar-refractivity contribution in [3.05, 3.63) is 47.5 Å². The molecular weight excluding hydrogens is 454 g/mol. The van der Waals surface area contributed by atoms with Gasteiger partial charge in [-0.2, -0.15) is 0 Å². The highest BCUT2D eigenvalue weighted by Crippen LogP contribution is 2.33. The fourth-order valence-corrected chi connectivity index (χ4v) is 4.86. The zero-order chi connectivity index (χ0) is 22.5. The van der Waals surface area contributed by atoms with Crippen LogP contribution in [0.1, 0.15) is 6.42 Å². The van der Waals surface area contributed by atoms with E-state index >= 15 is 0 Å². The number of rotatable bonds is 9. The molecule has 2 aromatic rings. The number of amides is 1. The Morgan fingerprint density at radius 3 is 2.23 bits per heavy atom. The minimum Gasteiger partial charge on any atom is -0.495 e. The minimum atomic E-state index is -4.01. The Morgan fingerprint density at radius 2 is 1.67 bits per heavy atom. The molecule has 0 radical (unpaired) electrons. The maximum absolute atomic E-state index is 13.0. The molecule has 2 N–H and O–H groups in total. The lowest BCUT2D eigenvalue weighted by molar-refractivity contribution is -0.120. The second kappa shape index (κ2) is 9.65. The molecule has 0 aromatic heterocycles. The Hall–Kier alpha value is -2.34. The van der Waals surface area contributed by atoms with E-state index in [0.29, 0.717) is 5.02 Å². The van der Waals surface area contributed by atoms with Crippen LogP contribution in [0.25, 0.3) is 0 Å². The number of anilines is 1. The van der Waals surface area contributed by atoms with Gasteiger partial charge in [0.25, 0.3) is 10.0 Å². The third-order valence-electron chi connectivity index (χ3n) is 4.19. The van der Waals surface area contributed by atoms with Crippen molar-refractivity contribution in [3.63, 3.8) is 0 Å². The number of hydrogen-bond acceptors (Lipinski definition) is 6. The number of nitrogens with one attached hydrogen (secondary N) is 2. The summed E-state index contributed by atoms with van der Waals surface area (Å²) in [5.41, 5.74) is 0.0293. The predicted molar refractivity (Wildman–Crippen MR) is 114 cm³/mol. The number of ether oxygens (including phenoxy) is 1. The SMILES string of the molecule is CNC(=O)CCNS(=O)(=O)c1ccc(OC)c(N(C)S(=O)(=O)c2ccc(Cl)cc2)c1. The minimum absolute atomic E-state index is 0.0200. The highest BCUT2D eigenvalue weighted by molar-refractivity contribution is 7.92. The van der Waals surface area contributed by atoms with Crippen molar-refractivity contribution in [2.75, 3.05) is 32.1 Å². The van der Waals surface area contributed by atoms with E-state index in [0.717, 1.165) is 4.31 Å². The summed E-state index contributed by atoms with van der Waals surface area (Å²) < 4.78 is 59.5. The standard InChI is InChI=1S/C18H22ClN3O6S2/c1-20-18(23)10-11-21-29(24,25)15-8-9-17(28-3)16(12-15)22(2)30(26,27)14-6-4-13(19)5-7-14/h4-9,12,21H,10-11H2,1-3H3,(H,20,23). The van der Waals surface area contributed by atoms with E-state index in [1.54, 1.807) is 0 Å². The number of benzene rings is 2. The zero-order valence-electron chi connectivity index (χ0n) is 16.5. The van der Waals surface area contributed by atoms with Gasteiger partial charge < -0.3 is 10.1 Å². The van der Waals surface area contributed by atoms with Crippen molar-refractivity contribution >= 4 is 43.2 Å². The van der Waals surface area contributed by atoms with Crippen LogP contribution in [0.15, 0.2) is 52.3 Å². The fourth-order valence-electron chi connectivity index (χ4n) is 2.48. The summed E-state index contributed by atoms with van der Waals surface area (Å²) in [6.45, 7) is -0.109. The van der Waals surface area contributed by atoms with Crippen LogP contribution in [0.4, 0.5) is 5.69 Å². The van der Waals surface area contributed by atoms with E-state index in [9.17, 15) is 21.6 Å². The Labute approximate surface area is 181 Å². The van der Waals surface area contributed by atoms with Crippen LogP contribution in [0, 0.1) is 0 Å². The second-order valence-corrected chi connectivity index (χ2v) is 10.3. The summed E-state index contributed by atoms with van der Waals surface area (Å²) in [5, 5.41) is 2.77. The molecule has 30 heavy (non-hydrogen) atoms. The van der Waals surface area contributed by atoms with Crippen LogP contribution in [0.5, 0.6) is 5.75 Å². The van der Waals surface area contributed by atoms with Crippen LogP contribution in [-0.4, -0.2) is 50.5 Å². The maximum atomic E-state index is 13.0. The monoisotopic (exact) mass is 475 g/mol. The first-order chi connectivity index (χ1) is 14.0. The average Bonchev–Trinajstić information content (AvgIpc) is 2.72. The molecule has 0 fully saturated rings. The maximum Gasteiger partial charge on any atom is 0.264 e. The molecule has 0 heterocycles. The van der Waals surface area contributed by atoms with Gasteiger partial charge in [-0.25, -0.2) is 21.6 Å². The molecule has 0 saturated carbocycles. The highest BCUT2D eigenvalue weighted by atomic mass is 35.5. The van der Waals surface area contributed by atoms with Crippen LogP contribution < -0.4 is 19.1 Å². The van der Waals surface area contributed by atoms with Gasteiger partial charge in [-0.05, 0) is 42.5 Å². The Kier molecular flexibility index (Phi) is 7.70. The summed E-state index contributed by atoms with van der Waals surface area (Å²) in [5.74, 6) is -0.152. The van der Waals surface area contributed by atoms with Crippen molar-refractivity contribution < 1.29 is 26.4 Å². The van der Waals surface area contributed by atoms with Crippen molar-refractivity contribution in [1.82, 2.24) is 10.0 Å². The smallest absolute Gasteiger partial charge is 0.264 e. The largest absolute Gasteiger partial charge is 0.495 e. The van der Waals surface area contributed by atoms with Crippen LogP contribution >= 0.6 is 11.6 Å². The number of sulfonamides is 2. The molecule has 0 unspecified atom stereocenters. The van der Waals surface area contributed by atoms with E-state index in [1.807, 2.05) is 0 Å². The number of hydrogen-bond donors (Lipinski definition) is 2. The zero-order valence-corrected chi connectivity index (χ0v) is 18.9. The van der Waals surface area contributed by atoms with Crippen molar-refractivity contribution in [1.29, 1.82) is 0 Å². The van der Waals surface area contributed by atoms with E-state index in [2.05, 4.69) is 10.0 Å². The average molecular weight is 476 g/mol. The molecule has 12 heteroatoms. The molecule has 164 valence electrons. The molecule has 0 aliphatic carbocycles. The summed E-state index contributed by atoms with van der Waals surface area (Å²) in [4.78, 5) is 11.1. The molecule has 0 spiro atoms. The third-order valence-corrected chi connectivity index (χ3v) is 7.69. The van der Waals surface area contributed by atoms with Gasteiger partial charge in [0.1, 0.15) is 5.75 Å². The van der Waals surface area contributed by atoms with Gasteiger partial charge in [0.2, 0.25) is 15.9 Å². The first-order valence-corrected chi connectivity index (χ1v) is 12.0. The number of methoxy groups -OCH3 is 1. The lowest BCUT2D eigenvalue weighted by atomic mass is 10.3. The van der Waals surface area contributed by atoms with Gasteiger partial charge in [-0.15, -0.1) is 0 Å². The molecule has 0 atom stereocenters. The normalized spacial score (nSPS) is 11.7. The molecule has 0 aliphatic rings. The fraction of sp³-hybridized carbons (Fsp3) is 0.278. The summed E-state index contributed by atoms with van der Waals surface area (Å²) >= 11 is 5.82. The summed E-state index contributed by atoms with van der Waals surface area (Å²) in [6, 6.07) is 9.41. The van der Waals surface area contributed by atoms with E-state index in [1.165, 1.54) is 63.7 Å². The van der Waals surface area contributed by atoms with Gasteiger partial charge >= 0.3 is 0 Å². The highest BCUT2D eigenvalue weighted by Gasteiger charge is 2.26. The van der Waals surface area contributed by atoms with E-state index in [4.69, 9.17) is 16.3 Å². The van der Waals surface area contributed by atoms with Crippen LogP contribution in [0.2, 0.25) is 5.02 Å². The van der Waals surface area contributed by atoms with E-state index in [-0.39, 0.29) is 40.1 Å². The molecule has 1 amide bonds. The first kappa shape index (κ1) is 23.9. The van der Waals surface area contributed by atoms with Crippen LogP contribution in [-0.2, 0) is 24.8 Å². The Morgan fingerprint density at radius 1 is 1.07 bits per heavy atom. The molecule has 0 saturated heterocycles. The first-order valence-electron chi connectivity index (χ1n) is 8.65. The summed E-state index contributed by atoms with van der Waals surface area (Å²) in [6.07, 6.45) is -0.0381. The number of carbonyl (C=O) groups excluding carboxylic acids is 1.